The summed E-state index contributed by atoms with van der Waals surface area (Å²) in [4.78, 5) is 36.3. The molecule has 0 spiro atoms. The number of rotatable bonds is 4. The van der Waals surface area contributed by atoms with Gasteiger partial charge in [0, 0.05) is 18.0 Å². The largest absolute Gasteiger partial charge is 0.480 e. The minimum absolute atomic E-state index is 0.0644. The van der Waals surface area contributed by atoms with Crippen molar-refractivity contribution in [1.29, 1.82) is 5.26 Å². The van der Waals surface area contributed by atoms with Crippen LogP contribution >= 0.6 is 0 Å². The summed E-state index contributed by atoms with van der Waals surface area (Å²) in [6.07, 6.45) is 4.35. The molecule has 152 valence electrons. The third-order valence-corrected chi connectivity index (χ3v) is 4.04. The Hall–Kier alpha value is -4.76. The van der Waals surface area contributed by atoms with E-state index in [1.165, 1.54) is 50.0 Å². The molecule has 0 aliphatic rings. The van der Waals surface area contributed by atoms with Gasteiger partial charge < -0.3 is 15.2 Å². The molecule has 3 rings (SSSR count). The van der Waals surface area contributed by atoms with Crippen LogP contribution in [0.5, 0.6) is 5.88 Å². The Morgan fingerprint density at radius 2 is 1.94 bits per heavy atom. The van der Waals surface area contributed by atoms with Crippen LogP contribution in [0.15, 0.2) is 42.9 Å². The average Bonchev–Trinajstić information content (AvgIpc) is 2.78. The highest BCUT2D eigenvalue weighted by atomic mass is 16.5. The Morgan fingerprint density at radius 1 is 1.13 bits per heavy atom. The predicted molar refractivity (Wildman–Crippen MR) is 110 cm³/mol. The SMILES string of the molecule is COc1nc(C)ncc1C#Cc1cncc(C(=O)Nc2ccc(C#N)cc2C(=O)O)c1. The molecule has 9 nitrogen and oxygen atoms in total. The molecular weight excluding hydrogens is 398 g/mol. The number of pyridine rings is 1. The zero-order valence-corrected chi connectivity index (χ0v) is 16.5. The van der Waals surface area contributed by atoms with E-state index in [9.17, 15) is 14.7 Å². The van der Waals surface area contributed by atoms with Crippen molar-refractivity contribution >= 4 is 17.6 Å². The van der Waals surface area contributed by atoms with Crippen LogP contribution in [0.3, 0.4) is 0 Å². The fourth-order valence-corrected chi connectivity index (χ4v) is 2.56. The number of aromatic nitrogens is 3. The summed E-state index contributed by atoms with van der Waals surface area (Å²) in [5, 5.41) is 20.8. The van der Waals surface area contributed by atoms with E-state index in [0.29, 0.717) is 22.8 Å². The molecule has 0 radical (unpaired) electrons. The van der Waals surface area contributed by atoms with Crippen molar-refractivity contribution in [3.8, 4) is 23.8 Å². The van der Waals surface area contributed by atoms with Crippen molar-refractivity contribution in [2.75, 3.05) is 12.4 Å². The van der Waals surface area contributed by atoms with Gasteiger partial charge in [0.05, 0.1) is 41.8 Å². The number of carbonyl (C=O) groups excluding carboxylic acids is 1. The minimum Gasteiger partial charge on any atom is -0.480 e. The van der Waals surface area contributed by atoms with Gasteiger partial charge in [0.1, 0.15) is 11.4 Å². The summed E-state index contributed by atoms with van der Waals surface area (Å²) < 4.78 is 5.19. The van der Waals surface area contributed by atoms with Gasteiger partial charge in [0.2, 0.25) is 5.88 Å². The maximum atomic E-state index is 12.6. The molecule has 31 heavy (non-hydrogen) atoms. The third kappa shape index (κ3) is 5.00. The van der Waals surface area contributed by atoms with E-state index in [-0.39, 0.29) is 22.4 Å². The van der Waals surface area contributed by atoms with Gasteiger partial charge in [-0.25, -0.2) is 9.78 Å². The van der Waals surface area contributed by atoms with Gasteiger partial charge in [-0.1, -0.05) is 11.8 Å². The normalized spacial score (nSPS) is 9.71. The van der Waals surface area contributed by atoms with Gasteiger partial charge in [0.25, 0.3) is 5.91 Å². The van der Waals surface area contributed by atoms with Gasteiger partial charge in [-0.2, -0.15) is 10.2 Å². The number of carboxylic acid groups (broad SMARTS) is 1. The molecule has 0 saturated carbocycles. The first-order valence-corrected chi connectivity index (χ1v) is 8.84. The van der Waals surface area contributed by atoms with E-state index in [4.69, 9.17) is 10.00 Å². The molecule has 2 aromatic heterocycles. The van der Waals surface area contributed by atoms with Crippen LogP contribution in [0.1, 0.15) is 43.2 Å². The lowest BCUT2D eigenvalue weighted by molar-refractivity contribution is 0.0698. The first-order chi connectivity index (χ1) is 14.9. The second-order valence-electron chi connectivity index (χ2n) is 6.18. The fraction of sp³-hybridized carbons (Fsp3) is 0.0909. The highest BCUT2D eigenvalue weighted by Crippen LogP contribution is 2.19. The Balaban J connectivity index is 1.86. The summed E-state index contributed by atoms with van der Waals surface area (Å²) in [6.45, 7) is 1.73. The van der Waals surface area contributed by atoms with Crippen molar-refractivity contribution in [3.63, 3.8) is 0 Å². The second-order valence-corrected chi connectivity index (χ2v) is 6.18. The molecule has 1 aromatic carbocycles. The number of nitrogens with zero attached hydrogens (tertiary/aromatic N) is 4. The molecule has 9 heteroatoms. The van der Waals surface area contributed by atoms with Crippen molar-refractivity contribution < 1.29 is 19.4 Å². The molecule has 0 aliphatic carbocycles. The summed E-state index contributed by atoms with van der Waals surface area (Å²) in [6, 6.07) is 7.34. The van der Waals surface area contributed by atoms with Crippen LogP contribution in [-0.2, 0) is 0 Å². The van der Waals surface area contributed by atoms with Gasteiger partial charge in [-0.3, -0.25) is 9.78 Å². The molecule has 0 saturated heterocycles. The molecule has 0 unspecified atom stereocenters. The van der Waals surface area contributed by atoms with Gasteiger partial charge in [-0.15, -0.1) is 0 Å². The molecule has 3 aromatic rings. The van der Waals surface area contributed by atoms with E-state index in [0.717, 1.165) is 0 Å². The first-order valence-electron chi connectivity index (χ1n) is 8.84. The average molecular weight is 413 g/mol. The topological polar surface area (TPSA) is 138 Å². The van der Waals surface area contributed by atoms with Crippen LogP contribution in [0.4, 0.5) is 5.69 Å². The predicted octanol–water partition coefficient (Wildman–Crippen LogP) is 2.41. The quantitative estimate of drug-likeness (QED) is 0.622. The molecule has 0 atom stereocenters. The highest BCUT2D eigenvalue weighted by Gasteiger charge is 2.15. The molecule has 2 heterocycles. The lowest BCUT2D eigenvalue weighted by Gasteiger charge is -2.09. The molecule has 2 N–H and O–H groups in total. The summed E-state index contributed by atoms with van der Waals surface area (Å²) in [7, 11) is 1.48. The molecule has 0 aliphatic heterocycles. The maximum Gasteiger partial charge on any atom is 0.337 e. The molecule has 0 fully saturated rings. The van der Waals surface area contributed by atoms with Crippen LogP contribution in [0.2, 0.25) is 0 Å². The van der Waals surface area contributed by atoms with Crippen LogP contribution in [0, 0.1) is 30.1 Å². The number of carbonyl (C=O) groups is 2. The van der Waals surface area contributed by atoms with Crippen LogP contribution in [-0.4, -0.2) is 39.0 Å². The van der Waals surface area contributed by atoms with Crippen LogP contribution < -0.4 is 10.1 Å². The summed E-state index contributed by atoms with van der Waals surface area (Å²) in [5.41, 5.74) is 1.15. The zero-order valence-electron chi connectivity index (χ0n) is 16.5. The monoisotopic (exact) mass is 413 g/mol. The fourth-order valence-electron chi connectivity index (χ4n) is 2.56. The number of ether oxygens (including phenoxy) is 1. The van der Waals surface area contributed by atoms with Crippen molar-refractivity contribution in [3.05, 3.63) is 76.5 Å². The number of methoxy groups -OCH3 is 1. The molecule has 0 bridgehead atoms. The van der Waals surface area contributed by atoms with Gasteiger partial charge >= 0.3 is 5.97 Å². The molecular formula is C22H15N5O4. The second kappa shape index (κ2) is 9.16. The lowest BCUT2D eigenvalue weighted by atomic mass is 10.1. The number of hydrogen-bond acceptors (Lipinski definition) is 7. The third-order valence-electron chi connectivity index (χ3n) is 4.04. The lowest BCUT2D eigenvalue weighted by Crippen LogP contribution is -2.15. The van der Waals surface area contributed by atoms with E-state index in [2.05, 4.69) is 32.1 Å². The maximum absolute atomic E-state index is 12.6. The standard InChI is InChI=1S/C22H15N5O4/c1-13-25-12-16(21(26-13)31-2)5-3-15-7-17(11-24-10-15)20(28)27-19-6-4-14(9-23)8-18(19)22(29)30/h4,6-8,10-12H,1-2H3,(H,27,28)(H,29,30). The Morgan fingerprint density at radius 3 is 2.65 bits per heavy atom. The first kappa shape index (κ1) is 21.0. The van der Waals surface area contributed by atoms with Crippen molar-refractivity contribution in [2.45, 2.75) is 6.92 Å². The van der Waals surface area contributed by atoms with E-state index in [1.54, 1.807) is 6.92 Å². The number of carboxylic acids is 1. The molecule has 1 amide bonds. The zero-order chi connectivity index (χ0) is 22.4. The van der Waals surface area contributed by atoms with Crippen LogP contribution in [0.25, 0.3) is 0 Å². The number of aromatic carboxylic acids is 1. The minimum atomic E-state index is -1.26. The van der Waals surface area contributed by atoms with Gasteiger partial charge in [-0.05, 0) is 31.2 Å². The van der Waals surface area contributed by atoms with Crippen molar-refractivity contribution in [1.82, 2.24) is 15.0 Å². The number of nitrogens with one attached hydrogen (secondary N) is 1. The number of anilines is 1. The summed E-state index contributed by atoms with van der Waals surface area (Å²) >= 11 is 0. The Labute approximate surface area is 177 Å². The number of hydrogen-bond donors (Lipinski definition) is 2. The Kier molecular flexibility index (Phi) is 6.19. The van der Waals surface area contributed by atoms with Crippen molar-refractivity contribution in [2.24, 2.45) is 0 Å². The smallest absolute Gasteiger partial charge is 0.337 e. The number of benzene rings is 1. The van der Waals surface area contributed by atoms with E-state index < -0.39 is 11.9 Å². The number of amides is 1. The Bertz CT molecular complexity index is 1290. The van der Waals surface area contributed by atoms with E-state index in [1.807, 2.05) is 6.07 Å². The van der Waals surface area contributed by atoms with Gasteiger partial charge in [0.15, 0.2) is 0 Å². The number of nitriles is 1. The van der Waals surface area contributed by atoms with E-state index >= 15 is 0 Å². The number of aryl methyl sites for hydroxylation is 1. The summed E-state index contributed by atoms with van der Waals surface area (Å²) in [5.74, 6) is 4.81. The highest BCUT2D eigenvalue weighted by molar-refractivity contribution is 6.07.